The molecule has 5 nitrogen and oxygen atoms in total. The summed E-state index contributed by atoms with van der Waals surface area (Å²) in [5.74, 6) is 0. The predicted octanol–water partition coefficient (Wildman–Crippen LogP) is 1.09. The molecule has 0 spiro atoms. The van der Waals surface area contributed by atoms with Crippen molar-refractivity contribution in [2.45, 2.75) is 33.6 Å². The van der Waals surface area contributed by atoms with Crippen LogP contribution in [0.4, 0.5) is 4.79 Å². The average molecular weight is 245 g/mol. The van der Waals surface area contributed by atoms with Crippen LogP contribution in [0.5, 0.6) is 0 Å². The number of ether oxygens (including phenoxy) is 1. The Morgan fingerprint density at radius 1 is 1.18 bits per heavy atom. The second-order valence-electron chi connectivity index (χ2n) is 4.33. The van der Waals surface area contributed by atoms with Crippen LogP contribution in [0, 0.1) is 5.41 Å². The van der Waals surface area contributed by atoms with Crippen LogP contribution in [0.2, 0.25) is 0 Å². The predicted molar refractivity (Wildman–Crippen MR) is 70.0 cm³/mol. The molecule has 0 atom stereocenters. The number of amides is 1. The number of hydrogen-bond acceptors (Lipinski definition) is 4. The molecule has 0 radical (unpaired) electrons. The second kappa shape index (κ2) is 9.24. The molecule has 0 bridgehead atoms. The van der Waals surface area contributed by atoms with Crippen LogP contribution in [-0.2, 0) is 4.74 Å². The van der Waals surface area contributed by atoms with Crippen LogP contribution in [0.25, 0.3) is 0 Å². The lowest BCUT2D eigenvalue weighted by molar-refractivity contribution is 0.123. The number of primary amides is 1. The van der Waals surface area contributed by atoms with Crippen LogP contribution in [0.15, 0.2) is 0 Å². The largest absolute Gasteiger partial charge is 0.450 e. The molecule has 102 valence electrons. The van der Waals surface area contributed by atoms with E-state index in [4.69, 9.17) is 10.5 Å². The minimum absolute atomic E-state index is 0.126. The molecular weight excluding hydrogens is 218 g/mol. The Labute approximate surface area is 104 Å². The Bertz CT molecular complexity index is 202. The first-order valence-electron chi connectivity index (χ1n) is 6.44. The van der Waals surface area contributed by atoms with E-state index in [1.807, 2.05) is 0 Å². The van der Waals surface area contributed by atoms with Gasteiger partial charge in [0.2, 0.25) is 0 Å². The van der Waals surface area contributed by atoms with Gasteiger partial charge in [0.25, 0.3) is 0 Å². The normalized spacial score (nSPS) is 11.5. The van der Waals surface area contributed by atoms with Crippen LogP contribution in [-0.4, -0.2) is 38.9 Å². The van der Waals surface area contributed by atoms with Gasteiger partial charge >= 0.3 is 6.09 Å². The molecule has 0 rings (SSSR count). The second-order valence-corrected chi connectivity index (χ2v) is 4.33. The fourth-order valence-electron chi connectivity index (χ4n) is 1.81. The van der Waals surface area contributed by atoms with E-state index in [1.165, 1.54) is 0 Å². The minimum Gasteiger partial charge on any atom is -0.450 e. The fraction of sp³-hybridized carbons (Fsp3) is 0.917. The fourth-order valence-corrected chi connectivity index (χ4v) is 1.81. The molecular formula is C12H27N3O2. The molecule has 17 heavy (non-hydrogen) atoms. The van der Waals surface area contributed by atoms with Gasteiger partial charge in [-0.2, -0.15) is 0 Å². The molecule has 0 fully saturated rings. The third kappa shape index (κ3) is 7.18. The number of nitrogens with one attached hydrogen (secondary N) is 2. The van der Waals surface area contributed by atoms with Gasteiger partial charge in [0.15, 0.2) is 0 Å². The Kier molecular flexibility index (Phi) is 8.80. The van der Waals surface area contributed by atoms with Gasteiger partial charge in [0.05, 0.1) is 6.61 Å². The van der Waals surface area contributed by atoms with Gasteiger partial charge in [0.1, 0.15) is 0 Å². The number of rotatable bonds is 10. The van der Waals surface area contributed by atoms with Crippen molar-refractivity contribution in [1.29, 1.82) is 0 Å². The first kappa shape index (κ1) is 16.2. The molecule has 0 aromatic heterocycles. The minimum atomic E-state index is -0.693. The smallest absolute Gasteiger partial charge is 0.404 e. The zero-order valence-electron chi connectivity index (χ0n) is 11.3. The molecule has 1 amide bonds. The van der Waals surface area contributed by atoms with Crippen molar-refractivity contribution < 1.29 is 9.53 Å². The van der Waals surface area contributed by atoms with Gasteiger partial charge in [-0.05, 0) is 31.3 Å². The first-order valence-corrected chi connectivity index (χ1v) is 6.44. The van der Waals surface area contributed by atoms with E-state index >= 15 is 0 Å². The van der Waals surface area contributed by atoms with Crippen molar-refractivity contribution in [1.82, 2.24) is 10.6 Å². The van der Waals surface area contributed by atoms with Crippen molar-refractivity contribution in [2.75, 3.05) is 32.8 Å². The summed E-state index contributed by atoms with van der Waals surface area (Å²) in [6.07, 6.45) is 1.17. The zero-order chi connectivity index (χ0) is 13.1. The van der Waals surface area contributed by atoms with Crippen molar-refractivity contribution in [3.8, 4) is 0 Å². The lowest BCUT2D eigenvalue weighted by atomic mass is 9.81. The Morgan fingerprint density at radius 3 is 2.06 bits per heavy atom. The highest BCUT2D eigenvalue weighted by atomic mass is 16.5. The molecule has 0 aliphatic carbocycles. The Balaban J connectivity index is 4.26. The quantitative estimate of drug-likeness (QED) is 0.538. The molecule has 4 N–H and O–H groups in total. The summed E-state index contributed by atoms with van der Waals surface area (Å²) in [6, 6.07) is 0. The van der Waals surface area contributed by atoms with Crippen molar-refractivity contribution in [3.63, 3.8) is 0 Å². The van der Waals surface area contributed by atoms with Gasteiger partial charge in [-0.1, -0.05) is 20.8 Å². The van der Waals surface area contributed by atoms with E-state index in [0.29, 0.717) is 6.61 Å². The maximum Gasteiger partial charge on any atom is 0.404 e. The summed E-state index contributed by atoms with van der Waals surface area (Å²) >= 11 is 0. The van der Waals surface area contributed by atoms with Crippen molar-refractivity contribution in [2.24, 2.45) is 11.1 Å². The lowest BCUT2D eigenvalue weighted by Crippen LogP contribution is -2.43. The van der Waals surface area contributed by atoms with Crippen molar-refractivity contribution >= 4 is 6.09 Å². The van der Waals surface area contributed by atoms with E-state index < -0.39 is 6.09 Å². The molecule has 0 aliphatic rings. The summed E-state index contributed by atoms with van der Waals surface area (Å²) in [6.45, 7) is 10.5. The topological polar surface area (TPSA) is 76.4 Å². The maximum absolute atomic E-state index is 10.6. The monoisotopic (exact) mass is 245 g/mol. The number of carbonyl (C=O) groups excluding carboxylic acids is 1. The average Bonchev–Trinajstić information content (AvgIpc) is 2.32. The van der Waals surface area contributed by atoms with E-state index in [1.54, 1.807) is 0 Å². The third-order valence-electron chi connectivity index (χ3n) is 3.13. The zero-order valence-corrected chi connectivity index (χ0v) is 11.3. The van der Waals surface area contributed by atoms with Crippen LogP contribution in [0.3, 0.4) is 0 Å². The number of hydrogen-bond donors (Lipinski definition) is 3. The van der Waals surface area contributed by atoms with Crippen LogP contribution < -0.4 is 16.4 Å². The molecule has 0 aromatic carbocycles. The van der Waals surface area contributed by atoms with Crippen LogP contribution in [0.1, 0.15) is 33.6 Å². The standard InChI is InChI=1S/C12H27N3O2/c1-4-12(9-14-5-2,10-15-6-3)7-8-17-11(13)16/h14-15H,4-10H2,1-3H3,(H2,13,16). The molecule has 0 aliphatic heterocycles. The highest BCUT2D eigenvalue weighted by Gasteiger charge is 2.27. The summed E-state index contributed by atoms with van der Waals surface area (Å²) in [5, 5.41) is 6.75. The van der Waals surface area contributed by atoms with Gasteiger partial charge in [0, 0.05) is 13.1 Å². The highest BCUT2D eigenvalue weighted by Crippen LogP contribution is 2.25. The Morgan fingerprint density at radius 2 is 1.71 bits per heavy atom. The molecule has 0 unspecified atom stereocenters. The van der Waals surface area contributed by atoms with Crippen molar-refractivity contribution in [3.05, 3.63) is 0 Å². The van der Waals surface area contributed by atoms with Gasteiger partial charge in [-0.15, -0.1) is 0 Å². The summed E-state index contributed by atoms with van der Waals surface area (Å²) in [7, 11) is 0. The van der Waals surface area contributed by atoms with Gasteiger partial charge in [-0.3, -0.25) is 0 Å². The molecule has 0 heterocycles. The molecule has 0 saturated heterocycles. The molecule has 0 aromatic rings. The lowest BCUT2D eigenvalue weighted by Gasteiger charge is -2.33. The van der Waals surface area contributed by atoms with Gasteiger partial charge < -0.3 is 21.1 Å². The summed E-state index contributed by atoms with van der Waals surface area (Å²) in [5.41, 5.74) is 5.10. The first-order chi connectivity index (χ1) is 8.10. The van der Waals surface area contributed by atoms with Gasteiger partial charge in [-0.25, -0.2) is 4.79 Å². The summed E-state index contributed by atoms with van der Waals surface area (Å²) < 4.78 is 4.84. The Hall–Kier alpha value is -0.810. The number of nitrogens with two attached hydrogens (primary N) is 1. The van der Waals surface area contributed by atoms with E-state index in [-0.39, 0.29) is 5.41 Å². The van der Waals surface area contributed by atoms with E-state index in [2.05, 4.69) is 31.4 Å². The third-order valence-corrected chi connectivity index (χ3v) is 3.13. The SMILES string of the molecule is CCNCC(CC)(CCOC(N)=O)CNCC. The maximum atomic E-state index is 10.6. The van der Waals surface area contributed by atoms with E-state index in [9.17, 15) is 4.79 Å². The number of carbonyl (C=O) groups is 1. The molecule has 5 heteroatoms. The van der Waals surface area contributed by atoms with Crippen LogP contribution >= 0.6 is 0 Å². The summed E-state index contributed by atoms with van der Waals surface area (Å²) in [4.78, 5) is 10.6. The van der Waals surface area contributed by atoms with E-state index in [0.717, 1.165) is 39.0 Å². The molecule has 0 saturated carbocycles. The highest BCUT2D eigenvalue weighted by molar-refractivity contribution is 5.64.